The van der Waals surface area contributed by atoms with Gasteiger partial charge in [-0.2, -0.15) is 0 Å². The number of aliphatic hydroxyl groups excluding tert-OH is 1. The number of rotatable bonds is 11. The topological polar surface area (TPSA) is 55.8 Å². The molecule has 4 atom stereocenters. The summed E-state index contributed by atoms with van der Waals surface area (Å²) in [5.41, 5.74) is 3.51. The molecule has 0 bridgehead atoms. The smallest absolute Gasteiger partial charge is 0.158 e. The summed E-state index contributed by atoms with van der Waals surface area (Å²) in [7, 11) is 0. The number of fused-ring (bicyclic) bond motifs is 1. The molecule has 0 spiro atoms. The van der Waals surface area contributed by atoms with Crippen molar-refractivity contribution < 1.29 is 19.4 Å². The number of aliphatic hydroxyl groups is 1. The zero-order chi connectivity index (χ0) is 20.9. The van der Waals surface area contributed by atoms with Gasteiger partial charge in [0.15, 0.2) is 5.78 Å². The van der Waals surface area contributed by atoms with Gasteiger partial charge >= 0.3 is 0 Å². The van der Waals surface area contributed by atoms with Crippen LogP contribution >= 0.6 is 0 Å². The van der Waals surface area contributed by atoms with Gasteiger partial charge in [-0.25, -0.2) is 0 Å². The molecule has 0 heterocycles. The first-order valence-corrected chi connectivity index (χ1v) is 10.9. The van der Waals surface area contributed by atoms with E-state index in [2.05, 4.69) is 34.3 Å². The molecule has 4 heteroatoms. The van der Waals surface area contributed by atoms with Crippen LogP contribution in [0.2, 0.25) is 0 Å². The second-order valence-electron chi connectivity index (χ2n) is 9.27. The Kier molecular flexibility index (Phi) is 8.06. The molecule has 0 aromatic rings. The van der Waals surface area contributed by atoms with Gasteiger partial charge in [0.25, 0.3) is 0 Å². The first-order chi connectivity index (χ1) is 13.2. The molecular weight excluding hydrogens is 352 g/mol. The molecule has 1 saturated carbocycles. The second-order valence-corrected chi connectivity index (χ2v) is 9.27. The van der Waals surface area contributed by atoms with Gasteiger partial charge in [-0.15, -0.1) is 0 Å². The van der Waals surface area contributed by atoms with Crippen LogP contribution in [-0.4, -0.2) is 43.9 Å². The molecule has 0 unspecified atom stereocenters. The van der Waals surface area contributed by atoms with E-state index in [0.717, 1.165) is 19.4 Å². The number of carbonyl (C=O) groups is 1. The van der Waals surface area contributed by atoms with Crippen molar-refractivity contribution in [3.63, 3.8) is 0 Å². The minimum absolute atomic E-state index is 0.0120. The maximum Gasteiger partial charge on any atom is 0.158 e. The van der Waals surface area contributed by atoms with Gasteiger partial charge in [-0.3, -0.25) is 4.79 Å². The van der Waals surface area contributed by atoms with Crippen LogP contribution < -0.4 is 0 Å². The molecule has 0 saturated heterocycles. The average Bonchev–Trinajstić information content (AvgIpc) is 2.91. The summed E-state index contributed by atoms with van der Waals surface area (Å²) in [6.45, 7) is 17.8. The van der Waals surface area contributed by atoms with Crippen LogP contribution in [0.15, 0.2) is 23.3 Å². The highest BCUT2D eigenvalue weighted by atomic mass is 16.5. The lowest BCUT2D eigenvalue weighted by Gasteiger charge is -2.53. The van der Waals surface area contributed by atoms with Crippen molar-refractivity contribution in [3.8, 4) is 0 Å². The van der Waals surface area contributed by atoms with Gasteiger partial charge in [0, 0.05) is 19.6 Å². The Morgan fingerprint density at radius 3 is 2.61 bits per heavy atom. The molecule has 28 heavy (non-hydrogen) atoms. The van der Waals surface area contributed by atoms with Gasteiger partial charge in [0.2, 0.25) is 0 Å². The Morgan fingerprint density at radius 2 is 1.96 bits per heavy atom. The van der Waals surface area contributed by atoms with E-state index in [0.29, 0.717) is 50.1 Å². The third-order valence-corrected chi connectivity index (χ3v) is 7.83. The van der Waals surface area contributed by atoms with Crippen molar-refractivity contribution in [2.45, 2.75) is 66.7 Å². The Labute approximate surface area is 171 Å². The summed E-state index contributed by atoms with van der Waals surface area (Å²) < 4.78 is 11.3. The molecule has 0 amide bonds. The van der Waals surface area contributed by atoms with Crippen molar-refractivity contribution >= 4 is 5.78 Å². The summed E-state index contributed by atoms with van der Waals surface area (Å²) in [6, 6.07) is 0. The number of hydrogen-bond acceptors (Lipinski definition) is 4. The van der Waals surface area contributed by atoms with Crippen LogP contribution in [0.25, 0.3) is 0 Å². The van der Waals surface area contributed by atoms with Crippen LogP contribution in [0.5, 0.6) is 0 Å². The Bertz CT molecular complexity index is 608. The van der Waals surface area contributed by atoms with E-state index >= 15 is 0 Å². The van der Waals surface area contributed by atoms with Crippen molar-refractivity contribution in [1.82, 2.24) is 0 Å². The van der Waals surface area contributed by atoms with E-state index in [1.54, 1.807) is 0 Å². The number of hydrogen-bond donors (Lipinski definition) is 1. The quantitative estimate of drug-likeness (QED) is 0.314. The third-order valence-electron chi connectivity index (χ3n) is 7.83. The lowest BCUT2D eigenvalue weighted by atomic mass is 9.50. The zero-order valence-corrected chi connectivity index (χ0v) is 18.6. The van der Waals surface area contributed by atoms with Crippen LogP contribution in [0, 0.1) is 22.7 Å². The Hall–Kier alpha value is -0.970. The van der Waals surface area contributed by atoms with Crippen LogP contribution in [-0.2, 0) is 14.3 Å². The zero-order valence-electron chi connectivity index (χ0n) is 18.6. The molecule has 2 aliphatic rings. The summed E-state index contributed by atoms with van der Waals surface area (Å²) in [5, 5.41) is 9.16. The molecule has 0 radical (unpaired) electrons. The summed E-state index contributed by atoms with van der Waals surface area (Å²) in [4.78, 5) is 12.8. The van der Waals surface area contributed by atoms with Crippen LogP contribution in [0.1, 0.15) is 66.7 Å². The fraction of sp³-hybridized carbons (Fsp3) is 0.792. The SMILES string of the molecule is C=C(CCO)C(=O)C[C@@]1(C)[C@H](C)CC[C@@]2(C)C(C)=C(COCCOCC)C[C@H]12. The van der Waals surface area contributed by atoms with Gasteiger partial charge in [-0.1, -0.05) is 32.9 Å². The van der Waals surface area contributed by atoms with Crippen molar-refractivity contribution in [1.29, 1.82) is 0 Å². The number of ether oxygens (including phenoxy) is 2. The maximum atomic E-state index is 12.8. The fourth-order valence-electron chi connectivity index (χ4n) is 5.47. The lowest BCUT2D eigenvalue weighted by molar-refractivity contribution is -0.122. The second kappa shape index (κ2) is 9.69. The maximum absolute atomic E-state index is 12.8. The van der Waals surface area contributed by atoms with E-state index < -0.39 is 0 Å². The number of Topliss-reactive ketones (excluding diaryl/α,β-unsaturated/α-hetero) is 1. The van der Waals surface area contributed by atoms with Crippen molar-refractivity contribution in [2.75, 3.05) is 33.0 Å². The van der Waals surface area contributed by atoms with Gasteiger partial charge in [0.05, 0.1) is 19.8 Å². The monoisotopic (exact) mass is 392 g/mol. The largest absolute Gasteiger partial charge is 0.396 e. The summed E-state index contributed by atoms with van der Waals surface area (Å²) in [5.74, 6) is 1.05. The molecule has 160 valence electrons. The predicted molar refractivity (Wildman–Crippen MR) is 113 cm³/mol. The van der Waals surface area contributed by atoms with Crippen molar-refractivity contribution in [3.05, 3.63) is 23.3 Å². The van der Waals surface area contributed by atoms with Gasteiger partial charge < -0.3 is 14.6 Å². The fourth-order valence-corrected chi connectivity index (χ4v) is 5.47. The molecule has 0 aromatic carbocycles. The molecule has 1 N–H and O–H groups in total. The molecular formula is C24H40O4. The predicted octanol–water partition coefficient (Wildman–Crippen LogP) is 4.72. The highest BCUT2D eigenvalue weighted by molar-refractivity contribution is 5.95. The minimum Gasteiger partial charge on any atom is -0.396 e. The van der Waals surface area contributed by atoms with Crippen LogP contribution in [0.4, 0.5) is 0 Å². The molecule has 2 aliphatic carbocycles. The highest BCUT2D eigenvalue weighted by Crippen LogP contribution is 2.64. The first-order valence-electron chi connectivity index (χ1n) is 10.9. The molecule has 0 aliphatic heterocycles. The first kappa shape index (κ1) is 23.3. The Balaban J connectivity index is 2.14. The van der Waals surface area contributed by atoms with Gasteiger partial charge in [0.1, 0.15) is 0 Å². The summed E-state index contributed by atoms with van der Waals surface area (Å²) in [6.07, 6.45) is 4.23. The molecule has 4 nitrogen and oxygen atoms in total. The molecule has 2 rings (SSSR count). The molecule has 1 fully saturated rings. The Morgan fingerprint density at radius 1 is 1.29 bits per heavy atom. The van der Waals surface area contributed by atoms with E-state index in [9.17, 15) is 4.79 Å². The summed E-state index contributed by atoms with van der Waals surface area (Å²) >= 11 is 0. The van der Waals surface area contributed by atoms with Crippen molar-refractivity contribution in [2.24, 2.45) is 22.7 Å². The highest BCUT2D eigenvalue weighted by Gasteiger charge is 2.56. The van der Waals surface area contributed by atoms with Gasteiger partial charge in [-0.05, 0) is 73.3 Å². The standard InChI is InChI=1S/C24H40O4/c1-7-27-12-13-28-16-20-14-22-23(5,19(20)4)10-8-18(3)24(22,6)15-21(26)17(2)9-11-25/h18,22,25H,2,7-16H2,1,3-6H3/t18-,22+,23+,24+/m1/s1. The van der Waals surface area contributed by atoms with E-state index in [-0.39, 0.29) is 23.2 Å². The average molecular weight is 393 g/mol. The van der Waals surface area contributed by atoms with E-state index in [1.807, 2.05) is 6.92 Å². The van der Waals surface area contributed by atoms with E-state index in [1.165, 1.54) is 17.6 Å². The minimum atomic E-state index is -0.0587. The third kappa shape index (κ3) is 4.60. The molecule has 0 aromatic heterocycles. The van der Waals surface area contributed by atoms with Crippen LogP contribution in [0.3, 0.4) is 0 Å². The number of allylic oxidation sites excluding steroid dienone is 1. The van der Waals surface area contributed by atoms with E-state index in [4.69, 9.17) is 14.6 Å². The number of carbonyl (C=O) groups excluding carboxylic acids is 1. The lowest BCUT2D eigenvalue weighted by Crippen LogP contribution is -2.47. The number of ketones is 1. The normalized spacial score (nSPS) is 32.5.